The molecule has 0 aliphatic carbocycles. The minimum Gasteiger partial charge on any atom is -0.368 e. The molecule has 1 amide bonds. The average Bonchev–Trinajstić information content (AvgIpc) is 1.81. The lowest BCUT2D eigenvalue weighted by molar-refractivity contribution is -0.120. The fraction of sp³-hybridized carbons (Fsp3) is 0.857. The predicted molar refractivity (Wildman–Crippen MR) is 41.5 cm³/mol. The molecule has 1 unspecified atom stereocenters. The molecule has 0 spiro atoms. The number of carbonyl (C=O) groups excluding carboxylic acids is 1. The Morgan fingerprint density at radius 3 is 2.20 bits per heavy atom. The maximum Gasteiger partial charge on any atom is 0.234 e. The third kappa shape index (κ3) is 3.45. The Balaban J connectivity index is 3.72. The highest BCUT2D eigenvalue weighted by Gasteiger charge is 2.13. The summed E-state index contributed by atoms with van der Waals surface area (Å²) in [5.41, 5.74) is 5.09. The number of hydrogen-bond donors (Lipinski definition) is 2. The highest BCUT2D eigenvalue weighted by atomic mass is 16.1. The standard InChI is InChI=1S/C7H16N2O/c1-5(2)4-6(9-3)7(8)10/h5-6,9H,4H2,1-3H3,(H2,8,10). The van der Waals surface area contributed by atoms with Gasteiger partial charge in [-0.05, 0) is 19.4 Å². The topological polar surface area (TPSA) is 55.1 Å². The van der Waals surface area contributed by atoms with E-state index < -0.39 is 0 Å². The molecule has 0 aromatic rings. The molecule has 0 saturated heterocycles. The van der Waals surface area contributed by atoms with Crippen molar-refractivity contribution in [2.75, 3.05) is 7.05 Å². The van der Waals surface area contributed by atoms with Gasteiger partial charge in [-0.3, -0.25) is 4.79 Å². The second kappa shape index (κ2) is 4.28. The molecule has 0 heterocycles. The van der Waals surface area contributed by atoms with Crippen LogP contribution in [0.5, 0.6) is 0 Å². The summed E-state index contributed by atoms with van der Waals surface area (Å²) in [5.74, 6) is 0.237. The first-order chi connectivity index (χ1) is 4.57. The molecule has 0 aromatic heterocycles. The number of amides is 1. The molecule has 0 aliphatic rings. The molecule has 0 rings (SSSR count). The maximum absolute atomic E-state index is 10.6. The van der Waals surface area contributed by atoms with Gasteiger partial charge in [0.15, 0.2) is 0 Å². The SMILES string of the molecule is CNC(CC(C)C)C(N)=O. The second-order valence-corrected chi connectivity index (χ2v) is 2.87. The molecule has 0 fully saturated rings. The van der Waals surface area contributed by atoms with E-state index >= 15 is 0 Å². The van der Waals surface area contributed by atoms with Crippen LogP contribution < -0.4 is 11.1 Å². The van der Waals surface area contributed by atoms with Crippen LogP contribution in [0.4, 0.5) is 0 Å². The third-order valence-corrected chi connectivity index (χ3v) is 1.40. The van der Waals surface area contributed by atoms with Crippen molar-refractivity contribution in [2.24, 2.45) is 11.7 Å². The minimum absolute atomic E-state index is 0.167. The van der Waals surface area contributed by atoms with Crippen molar-refractivity contribution < 1.29 is 4.79 Å². The number of primary amides is 1. The highest BCUT2D eigenvalue weighted by molar-refractivity contribution is 5.79. The monoisotopic (exact) mass is 144 g/mol. The summed E-state index contributed by atoms with van der Waals surface area (Å²) in [6, 6.07) is -0.167. The summed E-state index contributed by atoms with van der Waals surface area (Å²) in [4.78, 5) is 10.6. The van der Waals surface area contributed by atoms with E-state index in [1.54, 1.807) is 7.05 Å². The fourth-order valence-electron chi connectivity index (χ4n) is 0.848. The first-order valence-corrected chi connectivity index (χ1v) is 3.54. The third-order valence-electron chi connectivity index (χ3n) is 1.40. The number of nitrogens with two attached hydrogens (primary N) is 1. The van der Waals surface area contributed by atoms with E-state index in [4.69, 9.17) is 5.73 Å². The van der Waals surface area contributed by atoms with E-state index in [9.17, 15) is 4.79 Å². The molecule has 1 atom stereocenters. The van der Waals surface area contributed by atoms with Crippen molar-refractivity contribution in [2.45, 2.75) is 26.3 Å². The van der Waals surface area contributed by atoms with Crippen molar-refractivity contribution in [3.05, 3.63) is 0 Å². The molecular formula is C7H16N2O. The van der Waals surface area contributed by atoms with Gasteiger partial charge in [0.1, 0.15) is 0 Å². The Kier molecular flexibility index (Phi) is 4.03. The van der Waals surface area contributed by atoms with Crippen molar-refractivity contribution in [1.29, 1.82) is 0 Å². The van der Waals surface area contributed by atoms with Gasteiger partial charge in [-0.15, -0.1) is 0 Å². The van der Waals surface area contributed by atoms with E-state index in [1.807, 2.05) is 0 Å². The lowest BCUT2D eigenvalue weighted by Gasteiger charge is -2.13. The molecule has 10 heavy (non-hydrogen) atoms. The zero-order valence-electron chi connectivity index (χ0n) is 6.85. The summed E-state index contributed by atoms with van der Waals surface area (Å²) < 4.78 is 0. The van der Waals surface area contributed by atoms with Crippen LogP contribution >= 0.6 is 0 Å². The molecule has 0 saturated carbocycles. The zero-order valence-corrected chi connectivity index (χ0v) is 6.85. The van der Waals surface area contributed by atoms with Crippen LogP contribution in [0.3, 0.4) is 0 Å². The molecule has 0 bridgehead atoms. The Morgan fingerprint density at radius 2 is 2.10 bits per heavy atom. The number of likely N-dealkylation sites (N-methyl/N-ethyl adjacent to an activating group) is 1. The van der Waals surface area contributed by atoms with Crippen LogP contribution in [0.25, 0.3) is 0 Å². The first kappa shape index (κ1) is 9.43. The van der Waals surface area contributed by atoms with Crippen LogP contribution in [0, 0.1) is 5.92 Å². The lowest BCUT2D eigenvalue weighted by atomic mass is 10.0. The molecule has 0 aliphatic heterocycles. The molecular weight excluding hydrogens is 128 g/mol. The normalized spacial score (nSPS) is 13.6. The van der Waals surface area contributed by atoms with Gasteiger partial charge in [0.2, 0.25) is 5.91 Å². The van der Waals surface area contributed by atoms with Gasteiger partial charge in [0.05, 0.1) is 6.04 Å². The molecule has 0 radical (unpaired) electrons. The number of rotatable bonds is 4. The molecule has 60 valence electrons. The van der Waals surface area contributed by atoms with E-state index in [2.05, 4.69) is 19.2 Å². The Bertz CT molecular complexity index is 112. The van der Waals surface area contributed by atoms with Gasteiger partial charge >= 0.3 is 0 Å². The van der Waals surface area contributed by atoms with Crippen LogP contribution in [0.15, 0.2) is 0 Å². The summed E-state index contributed by atoms with van der Waals surface area (Å²) in [7, 11) is 1.75. The van der Waals surface area contributed by atoms with Crippen LogP contribution in [-0.4, -0.2) is 19.0 Å². The maximum atomic E-state index is 10.6. The largest absolute Gasteiger partial charge is 0.368 e. The summed E-state index contributed by atoms with van der Waals surface area (Å²) in [6.45, 7) is 4.13. The van der Waals surface area contributed by atoms with Gasteiger partial charge in [-0.2, -0.15) is 0 Å². The van der Waals surface area contributed by atoms with Crippen LogP contribution in [-0.2, 0) is 4.79 Å². The lowest BCUT2D eigenvalue weighted by Crippen LogP contribution is -2.39. The molecule has 3 nitrogen and oxygen atoms in total. The van der Waals surface area contributed by atoms with Gasteiger partial charge in [-0.1, -0.05) is 13.8 Å². The molecule has 3 N–H and O–H groups in total. The fourth-order valence-corrected chi connectivity index (χ4v) is 0.848. The smallest absolute Gasteiger partial charge is 0.234 e. The van der Waals surface area contributed by atoms with Crippen LogP contribution in [0.1, 0.15) is 20.3 Å². The Morgan fingerprint density at radius 1 is 1.60 bits per heavy atom. The van der Waals surface area contributed by atoms with Crippen LogP contribution in [0.2, 0.25) is 0 Å². The zero-order chi connectivity index (χ0) is 8.15. The minimum atomic E-state index is -0.267. The predicted octanol–water partition coefficient (Wildman–Crippen LogP) is 0.106. The van der Waals surface area contributed by atoms with E-state index in [0.717, 1.165) is 6.42 Å². The summed E-state index contributed by atoms with van der Waals surface area (Å²) in [5, 5.41) is 2.86. The van der Waals surface area contributed by atoms with Gasteiger partial charge in [-0.25, -0.2) is 0 Å². The van der Waals surface area contributed by atoms with Crippen molar-refractivity contribution in [3.8, 4) is 0 Å². The first-order valence-electron chi connectivity index (χ1n) is 3.54. The van der Waals surface area contributed by atoms with E-state index in [1.165, 1.54) is 0 Å². The number of hydrogen-bond acceptors (Lipinski definition) is 2. The van der Waals surface area contributed by atoms with Gasteiger partial charge < -0.3 is 11.1 Å². The molecule has 0 aromatic carbocycles. The molecule has 3 heteroatoms. The highest BCUT2D eigenvalue weighted by Crippen LogP contribution is 2.02. The summed E-state index contributed by atoms with van der Waals surface area (Å²) in [6.07, 6.45) is 0.811. The average molecular weight is 144 g/mol. The van der Waals surface area contributed by atoms with Crippen molar-refractivity contribution in [1.82, 2.24) is 5.32 Å². The quantitative estimate of drug-likeness (QED) is 0.588. The van der Waals surface area contributed by atoms with Crippen molar-refractivity contribution >= 4 is 5.91 Å². The van der Waals surface area contributed by atoms with Gasteiger partial charge in [0.25, 0.3) is 0 Å². The van der Waals surface area contributed by atoms with E-state index in [-0.39, 0.29) is 11.9 Å². The van der Waals surface area contributed by atoms with Gasteiger partial charge in [0, 0.05) is 0 Å². The number of carbonyl (C=O) groups is 1. The Labute approximate surface area is 62.0 Å². The Hall–Kier alpha value is -0.570. The summed E-state index contributed by atoms with van der Waals surface area (Å²) >= 11 is 0. The van der Waals surface area contributed by atoms with Crippen molar-refractivity contribution in [3.63, 3.8) is 0 Å². The second-order valence-electron chi connectivity index (χ2n) is 2.87. The number of nitrogens with one attached hydrogen (secondary N) is 1. The van der Waals surface area contributed by atoms with E-state index in [0.29, 0.717) is 5.92 Å².